The molecule has 0 aromatic carbocycles. The predicted molar refractivity (Wildman–Crippen MR) is 79.1 cm³/mol. The lowest BCUT2D eigenvalue weighted by atomic mass is 10.2. The number of carbonyl (C=O) groups excluding carboxylic acids is 2. The topological polar surface area (TPSA) is 136 Å². The number of H-pyrrole nitrogens is 1. The number of hydrogen-bond donors (Lipinski definition) is 2. The monoisotopic (exact) mass is 321 g/mol. The van der Waals surface area contributed by atoms with Gasteiger partial charge in [0.15, 0.2) is 16.9 Å². The number of nitrogens with zero attached hydrogens (tertiary/aromatic N) is 3. The molecule has 2 rings (SSSR count). The predicted octanol–water partition coefficient (Wildman–Crippen LogP) is 0.847. The minimum Gasteiger partial charge on any atom is -0.464 e. The smallest absolute Gasteiger partial charge is 0.414 e. The van der Waals surface area contributed by atoms with Crippen LogP contribution in [0.15, 0.2) is 11.0 Å². The van der Waals surface area contributed by atoms with E-state index >= 15 is 0 Å². The van der Waals surface area contributed by atoms with Crippen LogP contribution in [0.25, 0.3) is 11.2 Å². The maximum atomic E-state index is 12.0. The van der Waals surface area contributed by atoms with Gasteiger partial charge in [0.1, 0.15) is 5.60 Å². The summed E-state index contributed by atoms with van der Waals surface area (Å²) in [5.41, 5.74) is -1.68. The second-order valence-electron chi connectivity index (χ2n) is 5.46. The van der Waals surface area contributed by atoms with Crippen molar-refractivity contribution in [2.24, 2.45) is 0 Å². The zero-order chi connectivity index (χ0) is 17.2. The Bertz CT molecular complexity index is 824. The third-order valence-corrected chi connectivity index (χ3v) is 2.43. The molecule has 0 aliphatic carbocycles. The second kappa shape index (κ2) is 5.99. The third kappa shape index (κ3) is 3.99. The Balaban J connectivity index is 2.34. The number of methoxy groups -OCH3 is 1. The first kappa shape index (κ1) is 16.3. The Morgan fingerprint density at radius 3 is 2.57 bits per heavy atom. The standard InChI is InChI=1S/C13H15N5O5/c1-13(2,3)23-12(21)18-11-16-8-7(9(19)17-11)15-6(5-14-8)10(20)22-4/h5H,1-4H3,(H2,14,16,17,18,19,21). The summed E-state index contributed by atoms with van der Waals surface area (Å²) in [5, 5.41) is 2.29. The summed E-state index contributed by atoms with van der Waals surface area (Å²) in [7, 11) is 1.19. The van der Waals surface area contributed by atoms with Crippen molar-refractivity contribution in [3.8, 4) is 0 Å². The molecule has 0 spiro atoms. The van der Waals surface area contributed by atoms with Crippen molar-refractivity contribution in [1.29, 1.82) is 0 Å². The first-order chi connectivity index (χ1) is 10.7. The summed E-state index contributed by atoms with van der Waals surface area (Å²) < 4.78 is 9.55. The fourth-order valence-electron chi connectivity index (χ4n) is 1.58. The molecule has 122 valence electrons. The molecule has 0 fully saturated rings. The quantitative estimate of drug-likeness (QED) is 0.777. The molecular weight excluding hydrogens is 306 g/mol. The fraction of sp³-hybridized carbons (Fsp3) is 0.385. The van der Waals surface area contributed by atoms with Gasteiger partial charge in [-0.05, 0) is 20.8 Å². The van der Waals surface area contributed by atoms with Crippen LogP contribution in [0, 0.1) is 0 Å². The van der Waals surface area contributed by atoms with Gasteiger partial charge >= 0.3 is 12.1 Å². The van der Waals surface area contributed by atoms with E-state index in [1.165, 1.54) is 7.11 Å². The van der Waals surface area contributed by atoms with Gasteiger partial charge in [0, 0.05) is 0 Å². The number of carbonyl (C=O) groups is 2. The van der Waals surface area contributed by atoms with E-state index in [-0.39, 0.29) is 22.8 Å². The molecule has 0 radical (unpaired) electrons. The molecule has 10 nitrogen and oxygen atoms in total. The molecule has 2 aromatic rings. The summed E-state index contributed by atoms with van der Waals surface area (Å²) in [5.74, 6) is -0.869. The number of anilines is 1. The Hall–Kier alpha value is -3.04. The van der Waals surface area contributed by atoms with Gasteiger partial charge < -0.3 is 9.47 Å². The summed E-state index contributed by atoms with van der Waals surface area (Å²) in [6.07, 6.45) is 0.344. The van der Waals surface area contributed by atoms with E-state index in [0.717, 1.165) is 6.20 Å². The van der Waals surface area contributed by atoms with E-state index in [0.29, 0.717) is 0 Å². The molecule has 0 bridgehead atoms. The maximum Gasteiger partial charge on any atom is 0.414 e. The third-order valence-electron chi connectivity index (χ3n) is 2.43. The minimum absolute atomic E-state index is 0.0348. The highest BCUT2D eigenvalue weighted by molar-refractivity contribution is 5.89. The van der Waals surface area contributed by atoms with E-state index in [2.05, 4.69) is 30.0 Å². The maximum absolute atomic E-state index is 12.0. The van der Waals surface area contributed by atoms with Gasteiger partial charge in [-0.3, -0.25) is 15.1 Å². The fourth-order valence-corrected chi connectivity index (χ4v) is 1.58. The second-order valence-corrected chi connectivity index (χ2v) is 5.46. The zero-order valence-corrected chi connectivity index (χ0v) is 13.0. The van der Waals surface area contributed by atoms with Crippen molar-refractivity contribution in [2.45, 2.75) is 26.4 Å². The molecule has 0 aliphatic heterocycles. The molecule has 2 heterocycles. The van der Waals surface area contributed by atoms with Crippen LogP contribution in [0.3, 0.4) is 0 Å². The van der Waals surface area contributed by atoms with Crippen LogP contribution >= 0.6 is 0 Å². The zero-order valence-electron chi connectivity index (χ0n) is 13.0. The minimum atomic E-state index is -0.779. The van der Waals surface area contributed by atoms with E-state index in [9.17, 15) is 14.4 Å². The van der Waals surface area contributed by atoms with Gasteiger partial charge in [-0.2, -0.15) is 4.98 Å². The molecule has 0 atom stereocenters. The molecule has 2 aromatic heterocycles. The number of ether oxygens (including phenoxy) is 2. The van der Waals surface area contributed by atoms with Gasteiger partial charge in [-0.15, -0.1) is 0 Å². The molecule has 2 N–H and O–H groups in total. The van der Waals surface area contributed by atoms with Crippen LogP contribution < -0.4 is 10.9 Å². The Labute approximate surface area is 130 Å². The Morgan fingerprint density at radius 2 is 1.96 bits per heavy atom. The molecule has 0 aliphatic rings. The van der Waals surface area contributed by atoms with Crippen molar-refractivity contribution in [3.63, 3.8) is 0 Å². The van der Waals surface area contributed by atoms with E-state index in [1.54, 1.807) is 20.8 Å². The lowest BCUT2D eigenvalue weighted by molar-refractivity contribution is 0.0592. The normalized spacial score (nSPS) is 11.1. The number of fused-ring (bicyclic) bond motifs is 1. The number of nitrogens with one attached hydrogen (secondary N) is 2. The number of hydrogen-bond acceptors (Lipinski definition) is 8. The van der Waals surface area contributed by atoms with Crippen molar-refractivity contribution < 1.29 is 19.1 Å². The summed E-state index contributed by atoms with van der Waals surface area (Å²) in [6.45, 7) is 5.09. The number of aromatic amines is 1. The lowest BCUT2D eigenvalue weighted by Gasteiger charge is -2.19. The van der Waals surface area contributed by atoms with Crippen LogP contribution in [0.5, 0.6) is 0 Å². The van der Waals surface area contributed by atoms with E-state index in [4.69, 9.17) is 4.74 Å². The Kier molecular flexibility index (Phi) is 4.25. The van der Waals surface area contributed by atoms with Crippen molar-refractivity contribution >= 4 is 29.2 Å². The van der Waals surface area contributed by atoms with Crippen LogP contribution in [-0.4, -0.2) is 44.7 Å². The molecule has 0 unspecified atom stereocenters. The van der Waals surface area contributed by atoms with Gasteiger partial charge in [0.05, 0.1) is 13.3 Å². The molecular formula is C13H15N5O5. The highest BCUT2D eigenvalue weighted by Gasteiger charge is 2.18. The average Bonchev–Trinajstić information content (AvgIpc) is 2.44. The van der Waals surface area contributed by atoms with Crippen LogP contribution in [0.4, 0.5) is 10.7 Å². The number of rotatable bonds is 2. The van der Waals surface area contributed by atoms with Crippen LogP contribution in [0.2, 0.25) is 0 Å². The molecule has 1 amide bonds. The highest BCUT2D eigenvalue weighted by atomic mass is 16.6. The van der Waals surface area contributed by atoms with Gasteiger partial charge in [0.25, 0.3) is 5.56 Å². The van der Waals surface area contributed by atoms with Gasteiger partial charge in [-0.1, -0.05) is 0 Å². The molecule has 10 heteroatoms. The number of esters is 1. The van der Waals surface area contributed by atoms with E-state index < -0.39 is 23.2 Å². The van der Waals surface area contributed by atoms with Crippen LogP contribution in [0.1, 0.15) is 31.3 Å². The molecule has 0 saturated carbocycles. The lowest BCUT2D eigenvalue weighted by Crippen LogP contribution is -2.28. The molecule has 23 heavy (non-hydrogen) atoms. The van der Waals surface area contributed by atoms with Gasteiger partial charge in [0.2, 0.25) is 5.95 Å². The van der Waals surface area contributed by atoms with E-state index in [1.807, 2.05) is 0 Å². The number of amides is 1. The summed E-state index contributed by atoms with van der Waals surface area (Å²) >= 11 is 0. The Morgan fingerprint density at radius 1 is 1.26 bits per heavy atom. The highest BCUT2D eigenvalue weighted by Crippen LogP contribution is 2.10. The van der Waals surface area contributed by atoms with Crippen molar-refractivity contribution in [1.82, 2.24) is 19.9 Å². The number of aromatic nitrogens is 4. The largest absolute Gasteiger partial charge is 0.464 e. The molecule has 0 saturated heterocycles. The summed E-state index contributed by atoms with van der Waals surface area (Å²) in [6, 6.07) is 0. The SMILES string of the molecule is COC(=O)c1cnc2nc(NC(=O)OC(C)(C)C)[nH]c(=O)c2n1. The first-order valence-electron chi connectivity index (χ1n) is 6.55. The van der Waals surface area contributed by atoms with Gasteiger partial charge in [-0.25, -0.2) is 19.6 Å². The average molecular weight is 321 g/mol. The summed E-state index contributed by atoms with van der Waals surface area (Å²) in [4.78, 5) is 49.0. The van der Waals surface area contributed by atoms with Crippen molar-refractivity contribution in [3.05, 3.63) is 22.2 Å². The van der Waals surface area contributed by atoms with Crippen molar-refractivity contribution in [2.75, 3.05) is 12.4 Å². The van der Waals surface area contributed by atoms with Crippen LogP contribution in [-0.2, 0) is 9.47 Å². The first-order valence-corrected chi connectivity index (χ1v) is 6.55.